The van der Waals surface area contributed by atoms with Crippen molar-refractivity contribution in [3.8, 4) is 0 Å². The van der Waals surface area contributed by atoms with E-state index in [1.165, 1.54) is 24.3 Å². The first-order valence-corrected chi connectivity index (χ1v) is 9.50. The molecule has 2 unspecified atom stereocenters. The maximum absolute atomic E-state index is 11.0. The summed E-state index contributed by atoms with van der Waals surface area (Å²) in [7, 11) is -4.43. The monoisotopic (exact) mass is 406 g/mol. The van der Waals surface area contributed by atoms with Crippen molar-refractivity contribution in [2.24, 2.45) is 0 Å². The van der Waals surface area contributed by atoms with Crippen molar-refractivity contribution < 1.29 is 82.0 Å². The van der Waals surface area contributed by atoms with E-state index in [0.29, 0.717) is 0 Å². The van der Waals surface area contributed by atoms with E-state index in [4.69, 9.17) is 0 Å². The number of hydrogen-bond acceptors (Lipinski definition) is 5. The first-order chi connectivity index (χ1) is 11.7. The summed E-state index contributed by atoms with van der Waals surface area (Å²) in [4.78, 5) is 10.6. The second kappa shape index (κ2) is 11.7. The average Bonchev–Trinajstić information content (AvgIpc) is 2.59. The molecule has 0 saturated heterocycles. The van der Waals surface area contributed by atoms with Gasteiger partial charge in [0.1, 0.15) is 10.1 Å². The number of hydrogen-bond donors (Lipinski definition) is 0. The minimum atomic E-state index is -4.43. The van der Waals surface area contributed by atoms with Gasteiger partial charge in [-0.2, -0.15) is 0 Å². The molecular formula is C19H20Na2O5S. The molecule has 2 rings (SSSR count). The number of carboxylic acids is 1. The van der Waals surface area contributed by atoms with Gasteiger partial charge in [0.15, 0.2) is 0 Å². The smallest absolute Gasteiger partial charge is 0.744 e. The zero-order chi connectivity index (χ0) is 18.6. The zero-order valence-corrected chi connectivity index (χ0v) is 21.0. The Morgan fingerprint density at radius 1 is 0.963 bits per heavy atom. The topological polar surface area (TPSA) is 97.3 Å². The van der Waals surface area contributed by atoms with Crippen LogP contribution in [0.2, 0.25) is 0 Å². The third-order valence-corrected chi connectivity index (χ3v) is 5.34. The molecule has 0 spiro atoms. The van der Waals surface area contributed by atoms with Crippen LogP contribution in [0.1, 0.15) is 60.0 Å². The van der Waals surface area contributed by atoms with E-state index < -0.39 is 16.1 Å². The van der Waals surface area contributed by atoms with Crippen LogP contribution in [0.25, 0.3) is 0 Å². The second-order valence-electron chi connectivity index (χ2n) is 6.17. The van der Waals surface area contributed by atoms with Gasteiger partial charge in [0.25, 0.3) is 0 Å². The molecule has 0 aliphatic rings. The zero-order valence-electron chi connectivity index (χ0n) is 16.1. The molecule has 0 fully saturated rings. The normalized spacial score (nSPS) is 13.0. The van der Waals surface area contributed by atoms with Crippen molar-refractivity contribution in [3.63, 3.8) is 0 Å². The summed E-state index contributed by atoms with van der Waals surface area (Å²) in [6.45, 7) is 4.11. The average molecular weight is 406 g/mol. The number of benzene rings is 2. The van der Waals surface area contributed by atoms with Crippen molar-refractivity contribution in [1.29, 1.82) is 0 Å². The predicted octanol–water partition coefficient (Wildman–Crippen LogP) is -3.35. The van der Waals surface area contributed by atoms with Crippen LogP contribution in [-0.4, -0.2) is 18.9 Å². The quantitative estimate of drug-likeness (QED) is 0.354. The summed E-state index contributed by atoms with van der Waals surface area (Å²) in [5.41, 5.74) is 2.16. The summed E-state index contributed by atoms with van der Waals surface area (Å²) in [6, 6.07) is 12.7. The van der Waals surface area contributed by atoms with Crippen molar-refractivity contribution in [2.45, 2.75) is 43.4 Å². The first kappa shape index (κ1) is 26.8. The van der Waals surface area contributed by atoms with Crippen LogP contribution >= 0.6 is 0 Å². The van der Waals surface area contributed by atoms with Crippen LogP contribution in [0.15, 0.2) is 53.4 Å². The SMILES string of the molecule is CCC(CC(C)c1ccc(C(=O)[O-])cc1)c1ccc(S(=O)(=O)[O-])cc1.[Na+].[Na+]. The Morgan fingerprint density at radius 3 is 1.85 bits per heavy atom. The summed E-state index contributed by atoms with van der Waals surface area (Å²) in [5.74, 6) is -0.790. The maximum atomic E-state index is 11.0. The van der Waals surface area contributed by atoms with Crippen LogP contribution in [0.4, 0.5) is 0 Å². The molecule has 134 valence electrons. The minimum Gasteiger partial charge on any atom is -0.744 e. The Labute approximate surface area is 204 Å². The molecule has 0 amide bonds. The number of carbonyl (C=O) groups is 1. The van der Waals surface area contributed by atoms with E-state index in [2.05, 4.69) is 13.8 Å². The van der Waals surface area contributed by atoms with Crippen LogP contribution in [-0.2, 0) is 10.1 Å². The van der Waals surface area contributed by atoms with Crippen molar-refractivity contribution in [2.75, 3.05) is 0 Å². The molecule has 0 heterocycles. The van der Waals surface area contributed by atoms with Gasteiger partial charge in [0.05, 0.1) is 10.9 Å². The van der Waals surface area contributed by atoms with Crippen molar-refractivity contribution in [3.05, 3.63) is 65.2 Å². The Hall–Kier alpha value is -0.180. The van der Waals surface area contributed by atoms with Gasteiger partial charge >= 0.3 is 59.1 Å². The van der Waals surface area contributed by atoms with Gasteiger partial charge in [-0.15, -0.1) is 0 Å². The van der Waals surface area contributed by atoms with E-state index in [9.17, 15) is 22.9 Å². The molecular weight excluding hydrogens is 386 g/mol. The van der Waals surface area contributed by atoms with Gasteiger partial charge in [0.2, 0.25) is 0 Å². The Balaban J connectivity index is 0.00000338. The summed E-state index contributed by atoms with van der Waals surface area (Å²) >= 11 is 0. The molecule has 0 aliphatic carbocycles. The number of aromatic carboxylic acids is 1. The molecule has 5 nitrogen and oxygen atoms in total. The summed E-state index contributed by atoms with van der Waals surface area (Å²) in [6.07, 6.45) is 1.69. The van der Waals surface area contributed by atoms with Crippen LogP contribution in [0.5, 0.6) is 0 Å². The van der Waals surface area contributed by atoms with E-state index in [1.54, 1.807) is 24.3 Å². The largest absolute Gasteiger partial charge is 1.00 e. The molecule has 0 saturated carbocycles. The number of carbonyl (C=O) groups excluding carboxylic acids is 1. The fourth-order valence-corrected chi connectivity index (χ4v) is 3.43. The summed E-state index contributed by atoms with van der Waals surface area (Å²) < 4.78 is 33.1. The molecule has 0 aromatic heterocycles. The van der Waals surface area contributed by atoms with Crippen LogP contribution < -0.4 is 64.2 Å². The van der Waals surface area contributed by atoms with E-state index in [1.807, 2.05) is 0 Å². The Morgan fingerprint density at radius 2 is 1.44 bits per heavy atom. The first-order valence-electron chi connectivity index (χ1n) is 8.09. The third-order valence-electron chi connectivity index (χ3n) is 4.49. The molecule has 0 aliphatic heterocycles. The second-order valence-corrected chi connectivity index (χ2v) is 7.55. The van der Waals surface area contributed by atoms with Gasteiger partial charge in [-0.1, -0.05) is 50.2 Å². The molecule has 8 heteroatoms. The Kier molecular flexibility index (Phi) is 11.7. The molecule has 2 aromatic carbocycles. The van der Waals surface area contributed by atoms with Gasteiger partial charge in [0, 0.05) is 0 Å². The van der Waals surface area contributed by atoms with E-state index in [0.717, 1.165) is 24.0 Å². The van der Waals surface area contributed by atoms with Crippen molar-refractivity contribution in [1.82, 2.24) is 0 Å². The van der Waals surface area contributed by atoms with Crippen LogP contribution in [0.3, 0.4) is 0 Å². The molecule has 0 N–H and O–H groups in total. The molecule has 0 radical (unpaired) electrons. The molecule has 27 heavy (non-hydrogen) atoms. The fourth-order valence-electron chi connectivity index (χ4n) is 2.96. The summed E-state index contributed by atoms with van der Waals surface area (Å²) in [5, 5.41) is 10.8. The van der Waals surface area contributed by atoms with Gasteiger partial charge < -0.3 is 14.5 Å². The molecule has 2 atom stereocenters. The number of carboxylic acid groups (broad SMARTS) is 1. The molecule has 0 bridgehead atoms. The third kappa shape index (κ3) is 7.63. The van der Waals surface area contributed by atoms with Gasteiger partial charge in [-0.05, 0) is 53.5 Å². The van der Waals surface area contributed by atoms with E-state index in [-0.39, 0.29) is 81.4 Å². The Bertz CT molecular complexity index is 833. The number of rotatable bonds is 7. The minimum absolute atomic E-state index is 0. The van der Waals surface area contributed by atoms with Gasteiger partial charge in [-0.25, -0.2) is 8.42 Å². The van der Waals surface area contributed by atoms with Crippen LogP contribution in [0, 0.1) is 0 Å². The van der Waals surface area contributed by atoms with Crippen molar-refractivity contribution >= 4 is 16.1 Å². The van der Waals surface area contributed by atoms with Gasteiger partial charge in [-0.3, -0.25) is 0 Å². The van der Waals surface area contributed by atoms with E-state index >= 15 is 0 Å². The predicted molar refractivity (Wildman–Crippen MR) is 91.2 cm³/mol. The fraction of sp³-hybridized carbons (Fsp3) is 0.316. The maximum Gasteiger partial charge on any atom is 1.00 e. The standard InChI is InChI=1S/C19H22O5S.2Na/c1-3-14(16-8-10-18(11-9-16)25(22,23)24)12-13(2)15-4-6-17(7-5-15)19(20)21;;/h4-11,13-14H,3,12H2,1-2H3,(H,20,21)(H,22,23,24);;/q;2*+1/p-2. The molecule has 2 aromatic rings.